The van der Waals surface area contributed by atoms with Crippen molar-refractivity contribution in [1.82, 2.24) is 15.5 Å². The maximum Gasteiger partial charge on any atom is 0.409 e. The number of hydrogen-bond donors (Lipinski definition) is 3. The molecule has 1 unspecified atom stereocenters. The topological polar surface area (TPSA) is 95.4 Å². The number of amides is 1. The lowest BCUT2D eigenvalue weighted by molar-refractivity contribution is 0.0963. The van der Waals surface area contributed by atoms with Crippen LogP contribution in [0.2, 0.25) is 0 Å². The number of hydrogen-bond acceptors (Lipinski definition) is 5. The first-order valence-electron chi connectivity index (χ1n) is 9.85. The number of nitrogens with zero attached hydrogens (tertiary/aromatic N) is 2. The lowest BCUT2D eigenvalue weighted by Gasteiger charge is -2.32. The molecule has 1 aromatic carbocycles. The molecule has 3 N–H and O–H groups in total. The van der Waals surface area contributed by atoms with E-state index in [1.54, 1.807) is 12.0 Å². The van der Waals surface area contributed by atoms with Crippen LogP contribution in [-0.4, -0.2) is 68.0 Å². The van der Waals surface area contributed by atoms with Crippen molar-refractivity contribution >= 4 is 36.0 Å². The number of ether oxygens (including phenoxy) is 2. The number of aliphatic hydroxyl groups excluding tert-OH is 1. The Morgan fingerprint density at radius 1 is 1.34 bits per heavy atom. The van der Waals surface area contributed by atoms with Gasteiger partial charge in [0.15, 0.2) is 5.96 Å². The SMILES string of the molecule is CCNC(=NCC(O)c1cccc(OC)c1)NC1CCN(C(=O)OCC)CC1.I. The van der Waals surface area contributed by atoms with E-state index in [0.717, 1.165) is 24.9 Å². The molecule has 1 aliphatic rings. The second kappa shape index (κ2) is 13.5. The van der Waals surface area contributed by atoms with Gasteiger partial charge in [-0.25, -0.2) is 4.79 Å². The van der Waals surface area contributed by atoms with Gasteiger partial charge >= 0.3 is 6.09 Å². The first-order valence-corrected chi connectivity index (χ1v) is 9.85. The molecule has 8 nitrogen and oxygen atoms in total. The monoisotopic (exact) mass is 520 g/mol. The van der Waals surface area contributed by atoms with E-state index in [1.807, 2.05) is 38.1 Å². The highest BCUT2D eigenvalue weighted by molar-refractivity contribution is 14.0. The van der Waals surface area contributed by atoms with Gasteiger partial charge in [0.25, 0.3) is 0 Å². The van der Waals surface area contributed by atoms with E-state index in [0.29, 0.717) is 31.4 Å². The minimum Gasteiger partial charge on any atom is -0.497 e. The van der Waals surface area contributed by atoms with Crippen LogP contribution in [0.1, 0.15) is 38.4 Å². The summed E-state index contributed by atoms with van der Waals surface area (Å²) in [5, 5.41) is 17.0. The summed E-state index contributed by atoms with van der Waals surface area (Å²) in [5.41, 5.74) is 0.765. The Morgan fingerprint density at radius 2 is 2.07 bits per heavy atom. The normalized spacial score (nSPS) is 15.9. The molecule has 1 amide bonds. The van der Waals surface area contributed by atoms with Gasteiger partial charge in [0.2, 0.25) is 0 Å². The molecule has 2 rings (SSSR count). The maximum atomic E-state index is 11.8. The number of benzene rings is 1. The predicted molar refractivity (Wildman–Crippen MR) is 124 cm³/mol. The number of carbonyl (C=O) groups is 1. The quantitative estimate of drug-likeness (QED) is 0.291. The lowest BCUT2D eigenvalue weighted by Crippen LogP contribution is -2.50. The van der Waals surface area contributed by atoms with Gasteiger partial charge in [-0.1, -0.05) is 12.1 Å². The van der Waals surface area contributed by atoms with Crippen LogP contribution in [0.15, 0.2) is 29.3 Å². The standard InChI is InChI=1S/C20H32N4O4.HI/c1-4-21-19(22-14-18(25)15-7-6-8-17(13-15)27-3)23-16-9-11-24(12-10-16)20(26)28-5-2;/h6-8,13,16,18,25H,4-5,9-12,14H2,1-3H3,(H2,21,22,23);1H. The number of guanidine groups is 1. The molecule has 0 aromatic heterocycles. The zero-order chi connectivity index (χ0) is 20.4. The van der Waals surface area contributed by atoms with Crippen molar-refractivity contribution in [2.24, 2.45) is 4.99 Å². The van der Waals surface area contributed by atoms with Crippen LogP contribution in [0.25, 0.3) is 0 Å². The number of methoxy groups -OCH3 is 1. The molecule has 0 aliphatic carbocycles. The Bertz CT molecular complexity index is 651. The van der Waals surface area contributed by atoms with E-state index < -0.39 is 6.10 Å². The molecule has 1 saturated heterocycles. The molecule has 29 heavy (non-hydrogen) atoms. The van der Waals surface area contributed by atoms with Gasteiger partial charge in [-0.2, -0.15) is 0 Å². The van der Waals surface area contributed by atoms with E-state index in [9.17, 15) is 9.90 Å². The fraction of sp³-hybridized carbons (Fsp3) is 0.600. The molecule has 1 fully saturated rings. The van der Waals surface area contributed by atoms with Gasteiger partial charge < -0.3 is 30.1 Å². The van der Waals surface area contributed by atoms with Crippen LogP contribution in [0.5, 0.6) is 5.75 Å². The van der Waals surface area contributed by atoms with E-state index in [2.05, 4.69) is 15.6 Å². The van der Waals surface area contributed by atoms with E-state index in [1.165, 1.54) is 0 Å². The Balaban J connectivity index is 0.00000420. The summed E-state index contributed by atoms with van der Waals surface area (Å²) in [7, 11) is 1.60. The Morgan fingerprint density at radius 3 is 2.69 bits per heavy atom. The largest absolute Gasteiger partial charge is 0.497 e. The first kappa shape index (κ1) is 25.3. The summed E-state index contributed by atoms with van der Waals surface area (Å²) >= 11 is 0. The minimum atomic E-state index is -0.712. The number of rotatable bonds is 7. The third kappa shape index (κ3) is 8.25. The minimum absolute atomic E-state index is 0. The summed E-state index contributed by atoms with van der Waals surface area (Å²) < 4.78 is 10.3. The van der Waals surface area contributed by atoms with E-state index in [-0.39, 0.29) is 42.7 Å². The Kier molecular flexibility index (Phi) is 11.7. The summed E-state index contributed by atoms with van der Waals surface area (Å²) in [6.07, 6.45) is 0.683. The van der Waals surface area contributed by atoms with Crippen LogP contribution in [-0.2, 0) is 4.74 Å². The molecule has 9 heteroatoms. The third-order valence-corrected chi connectivity index (χ3v) is 4.61. The van der Waals surface area contributed by atoms with Crippen molar-refractivity contribution in [2.75, 3.05) is 39.9 Å². The third-order valence-electron chi connectivity index (χ3n) is 4.61. The summed E-state index contributed by atoms with van der Waals surface area (Å²) in [6.45, 7) is 6.48. The van der Waals surface area contributed by atoms with Crippen molar-refractivity contribution in [3.63, 3.8) is 0 Å². The van der Waals surface area contributed by atoms with E-state index in [4.69, 9.17) is 9.47 Å². The molecule has 0 radical (unpaired) electrons. The predicted octanol–water partition coefficient (Wildman–Crippen LogP) is 2.52. The fourth-order valence-electron chi connectivity index (χ4n) is 3.07. The van der Waals surface area contributed by atoms with Crippen molar-refractivity contribution in [3.8, 4) is 5.75 Å². The first-order chi connectivity index (χ1) is 13.6. The highest BCUT2D eigenvalue weighted by atomic mass is 127. The van der Waals surface area contributed by atoms with Gasteiger partial charge in [0.1, 0.15) is 5.75 Å². The second-order valence-electron chi connectivity index (χ2n) is 6.62. The zero-order valence-corrected chi connectivity index (χ0v) is 19.7. The highest BCUT2D eigenvalue weighted by Gasteiger charge is 2.24. The van der Waals surface area contributed by atoms with Crippen LogP contribution in [0.3, 0.4) is 0 Å². The van der Waals surface area contributed by atoms with Crippen molar-refractivity contribution in [2.45, 2.75) is 38.8 Å². The lowest BCUT2D eigenvalue weighted by atomic mass is 10.1. The average Bonchev–Trinajstić information content (AvgIpc) is 2.72. The van der Waals surface area contributed by atoms with Gasteiger partial charge in [-0.05, 0) is 44.4 Å². The van der Waals surface area contributed by atoms with Gasteiger partial charge in [-0.15, -0.1) is 24.0 Å². The molecule has 1 heterocycles. The van der Waals surface area contributed by atoms with Crippen LogP contribution in [0.4, 0.5) is 4.79 Å². The number of aliphatic hydroxyl groups is 1. The van der Waals surface area contributed by atoms with Gasteiger partial charge in [0.05, 0.1) is 26.4 Å². The van der Waals surface area contributed by atoms with Gasteiger partial charge in [0, 0.05) is 25.7 Å². The number of piperidine rings is 1. The van der Waals surface area contributed by atoms with Crippen molar-refractivity contribution in [3.05, 3.63) is 29.8 Å². The molecule has 1 aliphatic heterocycles. The van der Waals surface area contributed by atoms with Crippen molar-refractivity contribution in [1.29, 1.82) is 0 Å². The molecule has 0 spiro atoms. The number of carbonyl (C=O) groups excluding carboxylic acids is 1. The van der Waals surface area contributed by atoms with Crippen LogP contribution < -0.4 is 15.4 Å². The molecular weight excluding hydrogens is 487 g/mol. The number of halogens is 1. The molecule has 0 bridgehead atoms. The second-order valence-corrected chi connectivity index (χ2v) is 6.62. The molecule has 0 saturated carbocycles. The van der Waals surface area contributed by atoms with E-state index >= 15 is 0 Å². The Hall–Kier alpha value is -1.75. The molecular formula is C20H33IN4O4. The molecule has 1 atom stereocenters. The van der Waals surface area contributed by atoms with Crippen molar-refractivity contribution < 1.29 is 19.4 Å². The fourth-order valence-corrected chi connectivity index (χ4v) is 3.07. The summed E-state index contributed by atoms with van der Waals surface area (Å²) in [5.74, 6) is 1.37. The summed E-state index contributed by atoms with van der Waals surface area (Å²) in [4.78, 5) is 18.1. The zero-order valence-electron chi connectivity index (χ0n) is 17.4. The molecule has 164 valence electrons. The highest BCUT2D eigenvalue weighted by Crippen LogP contribution is 2.19. The summed E-state index contributed by atoms with van der Waals surface area (Å²) in [6, 6.07) is 7.58. The number of likely N-dealkylation sites (tertiary alicyclic amines) is 1. The van der Waals surface area contributed by atoms with Crippen LogP contribution in [0, 0.1) is 0 Å². The number of aliphatic imine (C=N–C) groups is 1. The smallest absolute Gasteiger partial charge is 0.409 e. The average molecular weight is 520 g/mol. The Labute approximate surface area is 190 Å². The maximum absolute atomic E-state index is 11.8. The van der Waals surface area contributed by atoms with Crippen LogP contribution >= 0.6 is 24.0 Å². The molecule has 1 aromatic rings. The number of nitrogens with one attached hydrogen (secondary N) is 2. The van der Waals surface area contributed by atoms with Gasteiger partial charge in [-0.3, -0.25) is 4.99 Å².